The van der Waals surface area contributed by atoms with Gasteiger partial charge in [-0.05, 0) is 102 Å². The molecule has 10 aromatic rings. The minimum Gasteiger partial charge on any atom is -0.292 e. The van der Waals surface area contributed by atoms with Crippen LogP contribution in [-0.4, -0.2) is 9.55 Å². The molecule has 0 saturated carbocycles. The zero-order valence-electron chi connectivity index (χ0n) is 27.9. The molecule has 2 nitrogen and oxygen atoms in total. The molecule has 0 aliphatic heterocycles. The maximum absolute atomic E-state index is 5.10. The molecule has 0 N–H and O–H groups in total. The average molecular weight is 649 g/mol. The number of para-hydroxylation sites is 3. The van der Waals surface area contributed by atoms with Crippen LogP contribution in [0.2, 0.25) is 0 Å². The number of hydrogen-bond donors (Lipinski definition) is 0. The summed E-state index contributed by atoms with van der Waals surface area (Å²) in [5.41, 5.74) is 11.6. The molecule has 0 spiro atoms. The van der Waals surface area contributed by atoms with E-state index < -0.39 is 0 Å². The Hall–Kier alpha value is -6.77. The van der Waals surface area contributed by atoms with E-state index in [0.29, 0.717) is 0 Å². The lowest BCUT2D eigenvalue weighted by atomic mass is 9.84. The second-order valence-electron chi connectivity index (χ2n) is 13.2. The monoisotopic (exact) mass is 648 g/mol. The van der Waals surface area contributed by atoms with E-state index >= 15 is 0 Å². The van der Waals surface area contributed by atoms with Gasteiger partial charge in [-0.2, -0.15) is 0 Å². The fraction of sp³-hybridized carbons (Fsp3) is 0. The maximum atomic E-state index is 5.10. The third kappa shape index (κ3) is 4.92. The second-order valence-corrected chi connectivity index (χ2v) is 13.2. The van der Waals surface area contributed by atoms with E-state index in [1.807, 2.05) is 0 Å². The minimum atomic E-state index is 0.935. The van der Waals surface area contributed by atoms with Crippen LogP contribution < -0.4 is 0 Å². The highest BCUT2D eigenvalue weighted by molar-refractivity contribution is 6.22. The van der Waals surface area contributed by atoms with Crippen LogP contribution in [0, 0.1) is 0 Å². The Kier molecular flexibility index (Phi) is 6.85. The first kappa shape index (κ1) is 29.2. The summed E-state index contributed by atoms with van der Waals surface area (Å²) in [5.74, 6) is 0.935. The molecular weight excluding hydrogens is 617 g/mol. The molecule has 0 aliphatic carbocycles. The lowest BCUT2D eigenvalue weighted by Crippen LogP contribution is -1.97. The quantitative estimate of drug-likeness (QED) is 0.170. The van der Waals surface area contributed by atoms with Crippen molar-refractivity contribution in [3.63, 3.8) is 0 Å². The highest BCUT2D eigenvalue weighted by atomic mass is 15.1. The van der Waals surface area contributed by atoms with Gasteiger partial charge in [0.05, 0.1) is 11.0 Å². The van der Waals surface area contributed by atoms with Gasteiger partial charge in [-0.15, -0.1) is 0 Å². The van der Waals surface area contributed by atoms with Crippen LogP contribution in [0.3, 0.4) is 0 Å². The van der Waals surface area contributed by atoms with Gasteiger partial charge in [-0.3, -0.25) is 4.57 Å². The lowest BCUT2D eigenvalue weighted by molar-refractivity contribution is 1.10. The van der Waals surface area contributed by atoms with Crippen molar-refractivity contribution < 1.29 is 0 Å². The molecule has 0 atom stereocenters. The zero-order chi connectivity index (χ0) is 33.7. The van der Waals surface area contributed by atoms with Crippen molar-refractivity contribution in [2.75, 3.05) is 0 Å². The van der Waals surface area contributed by atoms with Crippen molar-refractivity contribution in [2.45, 2.75) is 0 Å². The molecule has 238 valence electrons. The molecule has 9 aromatic carbocycles. The van der Waals surface area contributed by atoms with Gasteiger partial charge in [0.15, 0.2) is 0 Å². The fourth-order valence-corrected chi connectivity index (χ4v) is 7.80. The summed E-state index contributed by atoms with van der Waals surface area (Å²) in [6, 6.07) is 69.9. The fourth-order valence-electron chi connectivity index (χ4n) is 7.80. The summed E-state index contributed by atoms with van der Waals surface area (Å²) in [4.78, 5) is 5.10. The number of aromatic nitrogens is 2. The van der Waals surface area contributed by atoms with Crippen molar-refractivity contribution in [3.8, 4) is 50.5 Å². The van der Waals surface area contributed by atoms with Gasteiger partial charge in [0.1, 0.15) is 5.82 Å². The van der Waals surface area contributed by atoms with Crippen LogP contribution in [-0.2, 0) is 0 Å². The zero-order valence-corrected chi connectivity index (χ0v) is 27.9. The topological polar surface area (TPSA) is 17.8 Å². The van der Waals surface area contributed by atoms with Crippen LogP contribution >= 0.6 is 0 Å². The van der Waals surface area contributed by atoms with Crippen LogP contribution in [0.5, 0.6) is 0 Å². The van der Waals surface area contributed by atoms with E-state index in [-0.39, 0.29) is 0 Å². The van der Waals surface area contributed by atoms with Crippen LogP contribution in [0.1, 0.15) is 0 Å². The summed E-state index contributed by atoms with van der Waals surface area (Å²) >= 11 is 0. The highest BCUT2D eigenvalue weighted by Crippen LogP contribution is 2.45. The Morgan fingerprint density at radius 1 is 0.333 bits per heavy atom. The van der Waals surface area contributed by atoms with Crippen LogP contribution in [0.25, 0.3) is 93.8 Å². The van der Waals surface area contributed by atoms with Gasteiger partial charge in [0.25, 0.3) is 0 Å². The number of nitrogens with zero attached hydrogens (tertiary/aromatic N) is 2. The maximum Gasteiger partial charge on any atom is 0.145 e. The summed E-state index contributed by atoms with van der Waals surface area (Å²) in [6.07, 6.45) is 0. The van der Waals surface area contributed by atoms with E-state index in [9.17, 15) is 0 Å². The van der Waals surface area contributed by atoms with E-state index in [1.165, 1.54) is 65.7 Å². The molecule has 0 amide bonds. The summed E-state index contributed by atoms with van der Waals surface area (Å²) in [6.45, 7) is 0. The molecule has 0 aliphatic rings. The van der Waals surface area contributed by atoms with E-state index in [1.54, 1.807) is 0 Å². The van der Waals surface area contributed by atoms with Crippen molar-refractivity contribution in [2.24, 2.45) is 0 Å². The summed E-state index contributed by atoms with van der Waals surface area (Å²) < 4.78 is 2.26. The van der Waals surface area contributed by atoms with Gasteiger partial charge in [-0.25, -0.2) is 4.98 Å². The number of hydrogen-bond acceptors (Lipinski definition) is 1. The first-order valence-corrected chi connectivity index (χ1v) is 17.5. The Morgan fingerprint density at radius 3 is 1.69 bits per heavy atom. The number of benzene rings is 9. The molecule has 0 fully saturated rings. The van der Waals surface area contributed by atoms with Crippen LogP contribution in [0.4, 0.5) is 0 Å². The third-order valence-corrected chi connectivity index (χ3v) is 10.2. The van der Waals surface area contributed by atoms with E-state index in [2.05, 4.69) is 199 Å². The van der Waals surface area contributed by atoms with Crippen molar-refractivity contribution in [1.82, 2.24) is 9.55 Å². The first-order chi connectivity index (χ1) is 25.3. The van der Waals surface area contributed by atoms with E-state index in [4.69, 9.17) is 4.98 Å². The first-order valence-electron chi connectivity index (χ1n) is 17.5. The number of imidazole rings is 1. The molecule has 51 heavy (non-hydrogen) atoms. The number of rotatable bonds is 5. The van der Waals surface area contributed by atoms with Crippen molar-refractivity contribution >= 4 is 43.4 Å². The molecule has 10 rings (SSSR count). The third-order valence-electron chi connectivity index (χ3n) is 10.2. The Bertz CT molecular complexity index is 2880. The largest absolute Gasteiger partial charge is 0.292 e. The van der Waals surface area contributed by atoms with Gasteiger partial charge < -0.3 is 0 Å². The summed E-state index contributed by atoms with van der Waals surface area (Å²) in [5, 5.41) is 7.50. The SMILES string of the molecule is c1ccc(-c2c3ccccc3c(-c3ccc4ccccc4c3)c3cc(-c4ccc(-c5nc6ccccc6n5-c5ccccc5)cc4)ccc23)cc1. The smallest absolute Gasteiger partial charge is 0.145 e. The number of fused-ring (bicyclic) bond motifs is 4. The van der Waals surface area contributed by atoms with E-state index in [0.717, 1.165) is 28.1 Å². The average Bonchev–Trinajstić information content (AvgIpc) is 3.60. The van der Waals surface area contributed by atoms with Gasteiger partial charge in [-0.1, -0.05) is 158 Å². The Labute approximate surface area is 296 Å². The van der Waals surface area contributed by atoms with Gasteiger partial charge >= 0.3 is 0 Å². The molecule has 0 radical (unpaired) electrons. The molecule has 0 bridgehead atoms. The van der Waals surface area contributed by atoms with Gasteiger partial charge in [0, 0.05) is 11.3 Å². The predicted octanol–water partition coefficient (Wildman–Crippen LogP) is 13.2. The normalized spacial score (nSPS) is 11.5. The summed E-state index contributed by atoms with van der Waals surface area (Å²) in [7, 11) is 0. The Balaban J connectivity index is 1.18. The van der Waals surface area contributed by atoms with Crippen LogP contribution in [0.15, 0.2) is 194 Å². The molecule has 0 unspecified atom stereocenters. The molecular formula is C49H32N2. The standard InChI is InChI=1S/C49H32N2/c1-3-14-35(15-4-1)47-41-19-9-10-20-42(41)48(39-28-25-33-13-7-8-16-37(33)31-39)44-32-38(29-30-43(44)47)34-23-26-36(27-24-34)49-50-45-21-11-12-22-46(45)51(49)40-17-5-2-6-18-40/h1-32H. The molecule has 1 aromatic heterocycles. The molecule has 2 heteroatoms. The van der Waals surface area contributed by atoms with Crippen molar-refractivity contribution in [1.29, 1.82) is 0 Å². The van der Waals surface area contributed by atoms with Gasteiger partial charge in [0.2, 0.25) is 0 Å². The lowest BCUT2D eigenvalue weighted by Gasteiger charge is -2.19. The second kappa shape index (κ2) is 12.0. The highest BCUT2D eigenvalue weighted by Gasteiger charge is 2.18. The minimum absolute atomic E-state index is 0.935. The van der Waals surface area contributed by atoms with Crippen molar-refractivity contribution in [3.05, 3.63) is 194 Å². The predicted molar refractivity (Wildman–Crippen MR) is 215 cm³/mol. The molecule has 0 saturated heterocycles. The Morgan fingerprint density at radius 2 is 0.902 bits per heavy atom. The molecule has 1 heterocycles.